The Morgan fingerprint density at radius 2 is 1.76 bits per heavy atom. The Morgan fingerprint density at radius 3 is 2.45 bits per heavy atom. The van der Waals surface area contributed by atoms with Crippen molar-refractivity contribution in [2.75, 3.05) is 6.61 Å². The minimum absolute atomic E-state index is 0.673. The van der Waals surface area contributed by atoms with Gasteiger partial charge in [-0.15, -0.1) is 0 Å². The maximum absolute atomic E-state index is 4.80. The quantitative estimate of drug-likeness (QED) is 0.410. The van der Waals surface area contributed by atoms with Crippen molar-refractivity contribution in [2.45, 2.75) is 46.0 Å². The highest BCUT2D eigenvalue weighted by atomic mass is 16.5. The summed E-state index contributed by atoms with van der Waals surface area (Å²) in [4.78, 5) is 0. The number of benzene rings is 3. The van der Waals surface area contributed by atoms with E-state index in [-0.39, 0.29) is 0 Å². The van der Waals surface area contributed by atoms with E-state index in [1.54, 1.807) is 17.4 Å². The van der Waals surface area contributed by atoms with Crippen LogP contribution in [0.3, 0.4) is 0 Å². The molecular weight excluding hydrogens is 352 g/mol. The molecule has 1 heteroatoms. The summed E-state index contributed by atoms with van der Waals surface area (Å²) in [7, 11) is 0. The predicted molar refractivity (Wildman–Crippen MR) is 125 cm³/mol. The molecular formula is C28H32O. The van der Waals surface area contributed by atoms with Crippen LogP contribution in [0.2, 0.25) is 0 Å². The molecule has 0 spiro atoms. The summed E-state index contributed by atoms with van der Waals surface area (Å²) < 4.78 is 4.80. The van der Waals surface area contributed by atoms with Gasteiger partial charge in [0, 0.05) is 0 Å². The van der Waals surface area contributed by atoms with Crippen molar-refractivity contribution in [3.05, 3.63) is 84.1 Å². The molecule has 0 N–H and O–H groups in total. The number of ether oxygens (including phenoxy) is 1. The molecule has 1 aliphatic carbocycles. The largest absolute Gasteiger partial charge is 0.497 e. The van der Waals surface area contributed by atoms with Crippen molar-refractivity contribution in [2.24, 2.45) is 11.8 Å². The molecule has 2 unspecified atom stereocenters. The fourth-order valence-corrected chi connectivity index (χ4v) is 5.12. The van der Waals surface area contributed by atoms with Crippen molar-refractivity contribution in [3.8, 4) is 0 Å². The Kier molecular flexibility index (Phi) is 6.04. The van der Waals surface area contributed by atoms with E-state index in [0.29, 0.717) is 5.92 Å². The molecule has 1 heterocycles. The Labute approximate surface area is 175 Å². The van der Waals surface area contributed by atoms with Gasteiger partial charge in [0.25, 0.3) is 0 Å². The molecule has 29 heavy (non-hydrogen) atoms. The first kappa shape index (κ1) is 19.8. The molecule has 3 aromatic rings. The predicted octanol–water partition coefficient (Wildman–Crippen LogP) is 7.79. The third-order valence-corrected chi connectivity index (χ3v) is 6.17. The van der Waals surface area contributed by atoms with Crippen LogP contribution in [-0.2, 0) is 11.2 Å². The number of allylic oxidation sites excluding steroid dienone is 2. The molecule has 1 nitrogen and oxygen atoms in total. The van der Waals surface area contributed by atoms with Gasteiger partial charge in [0.1, 0.15) is 6.61 Å². The average Bonchev–Trinajstić information content (AvgIpc) is 2.74. The van der Waals surface area contributed by atoms with Crippen LogP contribution < -0.4 is 0 Å². The highest BCUT2D eigenvalue weighted by Crippen LogP contribution is 2.42. The van der Waals surface area contributed by atoms with Gasteiger partial charge in [0.2, 0.25) is 0 Å². The molecule has 0 aromatic heterocycles. The summed E-state index contributed by atoms with van der Waals surface area (Å²) in [5.74, 6) is 2.33. The fourth-order valence-electron chi connectivity index (χ4n) is 5.12. The summed E-state index contributed by atoms with van der Waals surface area (Å²) in [6.07, 6.45) is 11.4. The lowest BCUT2D eigenvalue weighted by Gasteiger charge is -2.32. The van der Waals surface area contributed by atoms with Gasteiger partial charge in [-0.2, -0.15) is 0 Å². The minimum Gasteiger partial charge on any atom is -0.497 e. The molecule has 0 saturated heterocycles. The van der Waals surface area contributed by atoms with Crippen molar-refractivity contribution < 1.29 is 4.74 Å². The van der Waals surface area contributed by atoms with E-state index in [4.69, 9.17) is 4.74 Å². The van der Waals surface area contributed by atoms with Gasteiger partial charge in [0.15, 0.2) is 0 Å². The molecule has 0 amide bonds. The zero-order valence-corrected chi connectivity index (χ0v) is 17.9. The zero-order valence-electron chi connectivity index (χ0n) is 17.9. The molecule has 2 aliphatic rings. The van der Waals surface area contributed by atoms with Crippen LogP contribution >= 0.6 is 0 Å². The molecule has 2 atom stereocenters. The first-order valence-electron chi connectivity index (χ1n) is 11.0. The first-order chi connectivity index (χ1) is 14.1. The highest BCUT2D eigenvalue weighted by Gasteiger charge is 2.26. The maximum atomic E-state index is 4.80. The van der Waals surface area contributed by atoms with Crippen LogP contribution in [0.1, 0.15) is 50.7 Å². The third kappa shape index (κ3) is 4.40. The summed E-state index contributed by atoms with van der Waals surface area (Å²) >= 11 is 0. The van der Waals surface area contributed by atoms with Crippen LogP contribution in [-0.4, -0.2) is 6.61 Å². The average molecular weight is 385 g/mol. The fraction of sp³-hybridized carbons (Fsp3) is 0.357. The van der Waals surface area contributed by atoms with E-state index in [9.17, 15) is 0 Å². The zero-order chi connectivity index (χ0) is 20.2. The first-order valence-corrected chi connectivity index (χ1v) is 11.0. The summed E-state index contributed by atoms with van der Waals surface area (Å²) in [6.45, 7) is 7.87. The normalized spacial score (nSPS) is 20.3. The maximum Gasteiger partial charge on any atom is 0.106 e. The lowest BCUT2D eigenvalue weighted by molar-refractivity contribution is 0.286. The van der Waals surface area contributed by atoms with Gasteiger partial charge >= 0.3 is 0 Å². The van der Waals surface area contributed by atoms with Crippen molar-refractivity contribution in [3.63, 3.8) is 0 Å². The number of hydrogen-bond acceptors (Lipinski definition) is 1. The molecule has 5 rings (SSSR count). The van der Waals surface area contributed by atoms with E-state index in [0.717, 1.165) is 18.4 Å². The van der Waals surface area contributed by atoms with Gasteiger partial charge < -0.3 is 4.74 Å². The Bertz CT molecular complexity index is 1030. The van der Waals surface area contributed by atoms with Crippen LogP contribution in [0.25, 0.3) is 21.5 Å². The Morgan fingerprint density at radius 1 is 0.931 bits per heavy atom. The standard InChI is InChI=1S/C23H26.C5H6O/c1-15(2)12-17-13-16(3)23-19(14-17)9-10-21-20-7-5-4-6-18(20)8-11-22(21)23;1-2-4-6-5-3-1/h4-11,15-17H,12-14H2,1-3H3;1-4H,5H2. The Balaban J connectivity index is 0.000000294. The number of rotatable bonds is 2. The number of hydrogen-bond donors (Lipinski definition) is 0. The van der Waals surface area contributed by atoms with E-state index < -0.39 is 0 Å². The molecule has 0 saturated carbocycles. The molecule has 3 aromatic carbocycles. The van der Waals surface area contributed by atoms with E-state index in [1.807, 2.05) is 18.2 Å². The van der Waals surface area contributed by atoms with Crippen LogP contribution in [0.15, 0.2) is 73.0 Å². The smallest absolute Gasteiger partial charge is 0.106 e. The van der Waals surface area contributed by atoms with Crippen LogP contribution in [0, 0.1) is 11.8 Å². The molecule has 0 bridgehead atoms. The Hall–Kier alpha value is -2.54. The summed E-state index contributed by atoms with van der Waals surface area (Å²) in [5, 5.41) is 5.65. The topological polar surface area (TPSA) is 9.23 Å². The van der Waals surface area contributed by atoms with Crippen LogP contribution in [0.4, 0.5) is 0 Å². The lowest BCUT2D eigenvalue weighted by atomic mass is 9.73. The molecule has 0 fully saturated rings. The second-order valence-corrected chi connectivity index (χ2v) is 8.95. The number of fused-ring (bicyclic) bond motifs is 5. The van der Waals surface area contributed by atoms with Gasteiger partial charge in [-0.05, 0) is 81.8 Å². The van der Waals surface area contributed by atoms with Crippen molar-refractivity contribution in [1.29, 1.82) is 0 Å². The van der Waals surface area contributed by atoms with Crippen LogP contribution in [0.5, 0.6) is 0 Å². The van der Waals surface area contributed by atoms with Gasteiger partial charge in [-0.3, -0.25) is 0 Å². The summed E-state index contributed by atoms with van der Waals surface area (Å²) in [5.41, 5.74) is 3.21. The van der Waals surface area contributed by atoms with Gasteiger partial charge in [0.05, 0.1) is 6.26 Å². The highest BCUT2D eigenvalue weighted by molar-refractivity contribution is 6.08. The van der Waals surface area contributed by atoms with Gasteiger partial charge in [-0.25, -0.2) is 0 Å². The van der Waals surface area contributed by atoms with E-state index in [2.05, 4.69) is 69.3 Å². The second-order valence-electron chi connectivity index (χ2n) is 8.95. The SMILES string of the molecule is C1=CCOC=C1.CC(C)CC1Cc2ccc3c(ccc4ccccc43)c2C(C)C1. The molecule has 0 radical (unpaired) electrons. The monoisotopic (exact) mass is 384 g/mol. The van der Waals surface area contributed by atoms with E-state index in [1.165, 1.54) is 40.8 Å². The lowest BCUT2D eigenvalue weighted by Crippen LogP contribution is -2.19. The molecule has 1 aliphatic heterocycles. The third-order valence-electron chi connectivity index (χ3n) is 6.17. The second kappa shape index (κ2) is 8.86. The van der Waals surface area contributed by atoms with Crippen molar-refractivity contribution >= 4 is 21.5 Å². The molecule has 150 valence electrons. The minimum atomic E-state index is 0.673. The van der Waals surface area contributed by atoms with Gasteiger partial charge in [-0.1, -0.05) is 75.4 Å². The van der Waals surface area contributed by atoms with E-state index >= 15 is 0 Å². The van der Waals surface area contributed by atoms with Crippen molar-refractivity contribution in [1.82, 2.24) is 0 Å². The summed E-state index contributed by atoms with van der Waals surface area (Å²) in [6, 6.07) is 18.2.